The summed E-state index contributed by atoms with van der Waals surface area (Å²) in [6.07, 6.45) is 0.383. The van der Waals surface area contributed by atoms with E-state index in [1.807, 2.05) is 12.2 Å². The van der Waals surface area contributed by atoms with E-state index in [-0.39, 0.29) is 30.2 Å². The van der Waals surface area contributed by atoms with Crippen LogP contribution < -0.4 is 5.32 Å². The van der Waals surface area contributed by atoms with Crippen molar-refractivity contribution in [3.63, 3.8) is 0 Å². The van der Waals surface area contributed by atoms with Crippen LogP contribution >= 0.6 is 0 Å². The summed E-state index contributed by atoms with van der Waals surface area (Å²) in [4.78, 5) is 39.3. The summed E-state index contributed by atoms with van der Waals surface area (Å²) < 4.78 is 5.26. The SMILES string of the molecule is CCOC(=O)[C@]1(CC)[NH2+][C@@H](c2ccc(O)cc2)[C@H]2C(=O)N(C)C(=O)[C@H]21. The van der Waals surface area contributed by atoms with Crippen LogP contribution in [0.3, 0.4) is 0 Å². The number of quaternary nitrogens is 1. The maximum Gasteiger partial charge on any atom is 0.368 e. The van der Waals surface area contributed by atoms with Crippen LogP contribution in [-0.2, 0) is 19.1 Å². The molecule has 2 aliphatic rings. The Morgan fingerprint density at radius 2 is 1.88 bits per heavy atom. The number of amides is 2. The number of likely N-dealkylation sites (tertiary alicyclic amines) is 1. The molecule has 3 rings (SSSR count). The molecule has 0 aliphatic carbocycles. The number of phenols is 1. The molecule has 0 saturated carbocycles. The summed E-state index contributed by atoms with van der Waals surface area (Å²) in [5.41, 5.74) is -0.315. The maximum absolute atomic E-state index is 12.8. The number of hydrogen-bond acceptors (Lipinski definition) is 5. The van der Waals surface area contributed by atoms with Gasteiger partial charge in [0.25, 0.3) is 0 Å². The van der Waals surface area contributed by atoms with E-state index in [0.717, 1.165) is 10.5 Å². The molecule has 1 aromatic rings. The number of carbonyl (C=O) groups excluding carboxylic acids is 3. The van der Waals surface area contributed by atoms with Gasteiger partial charge >= 0.3 is 5.97 Å². The van der Waals surface area contributed by atoms with Crippen molar-refractivity contribution in [1.29, 1.82) is 0 Å². The van der Waals surface area contributed by atoms with Crippen LogP contribution in [-0.4, -0.2) is 47.0 Å². The van der Waals surface area contributed by atoms with E-state index in [9.17, 15) is 19.5 Å². The first-order valence-corrected chi connectivity index (χ1v) is 8.51. The fraction of sp³-hybridized carbons (Fsp3) is 0.500. The second kappa shape index (κ2) is 6.15. The number of nitrogens with two attached hydrogens (primary N) is 1. The molecule has 2 saturated heterocycles. The zero-order valence-corrected chi connectivity index (χ0v) is 14.6. The number of fused-ring (bicyclic) bond motifs is 1. The predicted octanol–water partition coefficient (Wildman–Crippen LogP) is -0.0468. The molecule has 1 aromatic carbocycles. The fourth-order valence-corrected chi connectivity index (χ4v) is 4.21. The fourth-order valence-electron chi connectivity index (χ4n) is 4.21. The van der Waals surface area contributed by atoms with Gasteiger partial charge in [-0.25, -0.2) is 4.79 Å². The Balaban J connectivity index is 2.10. The highest BCUT2D eigenvalue weighted by atomic mass is 16.5. The molecule has 7 heteroatoms. The number of aromatic hydroxyl groups is 1. The van der Waals surface area contributed by atoms with Crippen molar-refractivity contribution in [2.45, 2.75) is 31.8 Å². The molecule has 2 heterocycles. The molecule has 0 unspecified atom stereocenters. The third-order valence-corrected chi connectivity index (χ3v) is 5.51. The lowest BCUT2D eigenvalue weighted by Crippen LogP contribution is -2.98. The lowest BCUT2D eigenvalue weighted by atomic mass is 9.78. The third kappa shape index (κ3) is 2.41. The Labute approximate surface area is 146 Å². The zero-order valence-electron chi connectivity index (χ0n) is 14.6. The Bertz CT molecular complexity index is 717. The van der Waals surface area contributed by atoms with Gasteiger partial charge in [-0.15, -0.1) is 0 Å². The van der Waals surface area contributed by atoms with Crippen LogP contribution in [0.25, 0.3) is 0 Å². The lowest BCUT2D eigenvalue weighted by Gasteiger charge is -2.28. The number of nitrogens with zero attached hydrogens (tertiary/aromatic N) is 1. The van der Waals surface area contributed by atoms with Crippen molar-refractivity contribution in [2.24, 2.45) is 11.8 Å². The molecule has 0 radical (unpaired) electrons. The van der Waals surface area contributed by atoms with Gasteiger partial charge in [0.1, 0.15) is 23.6 Å². The van der Waals surface area contributed by atoms with Crippen LogP contribution in [0.15, 0.2) is 24.3 Å². The lowest BCUT2D eigenvalue weighted by molar-refractivity contribution is -0.734. The highest BCUT2D eigenvalue weighted by molar-refractivity contribution is 6.08. The summed E-state index contributed by atoms with van der Waals surface area (Å²) in [5.74, 6) is -2.30. The van der Waals surface area contributed by atoms with E-state index in [2.05, 4.69) is 0 Å². The number of esters is 1. The first-order chi connectivity index (χ1) is 11.9. The Hall–Kier alpha value is -2.41. The zero-order chi connectivity index (χ0) is 18.4. The predicted molar refractivity (Wildman–Crippen MR) is 87.2 cm³/mol. The average Bonchev–Trinajstić information content (AvgIpc) is 3.06. The molecular weight excluding hydrogens is 324 g/mol. The van der Waals surface area contributed by atoms with Gasteiger partial charge in [-0.2, -0.15) is 0 Å². The Kier molecular flexibility index (Phi) is 4.28. The van der Waals surface area contributed by atoms with Crippen molar-refractivity contribution >= 4 is 17.8 Å². The van der Waals surface area contributed by atoms with Gasteiger partial charge in [0.2, 0.25) is 17.4 Å². The first kappa shape index (κ1) is 17.4. The topological polar surface area (TPSA) is 101 Å². The molecule has 0 bridgehead atoms. The van der Waals surface area contributed by atoms with Crippen molar-refractivity contribution in [2.75, 3.05) is 13.7 Å². The van der Waals surface area contributed by atoms with Crippen molar-refractivity contribution in [3.05, 3.63) is 29.8 Å². The van der Waals surface area contributed by atoms with Crippen LogP contribution in [0.2, 0.25) is 0 Å². The molecule has 3 N–H and O–H groups in total. The molecule has 2 aliphatic heterocycles. The molecular formula is C18H23N2O5+. The second-order valence-corrected chi connectivity index (χ2v) is 6.64. The normalized spacial score (nSPS) is 31.3. The third-order valence-electron chi connectivity index (χ3n) is 5.51. The van der Waals surface area contributed by atoms with Gasteiger partial charge in [-0.05, 0) is 31.2 Å². The van der Waals surface area contributed by atoms with E-state index < -0.39 is 23.3 Å². The first-order valence-electron chi connectivity index (χ1n) is 8.51. The van der Waals surface area contributed by atoms with Crippen LogP contribution in [0.4, 0.5) is 0 Å². The molecule has 4 atom stereocenters. The van der Waals surface area contributed by atoms with Gasteiger partial charge in [-0.1, -0.05) is 6.92 Å². The minimum absolute atomic E-state index is 0.122. The minimum Gasteiger partial charge on any atom is -0.508 e. The van der Waals surface area contributed by atoms with E-state index in [1.54, 1.807) is 31.2 Å². The smallest absolute Gasteiger partial charge is 0.368 e. The molecule has 2 fully saturated rings. The van der Waals surface area contributed by atoms with E-state index in [1.165, 1.54) is 7.05 Å². The number of imide groups is 1. The number of benzene rings is 1. The summed E-state index contributed by atoms with van der Waals surface area (Å²) in [7, 11) is 1.46. The Morgan fingerprint density at radius 3 is 2.44 bits per heavy atom. The molecule has 134 valence electrons. The quantitative estimate of drug-likeness (QED) is 0.588. The molecule has 25 heavy (non-hydrogen) atoms. The van der Waals surface area contributed by atoms with E-state index in [0.29, 0.717) is 6.42 Å². The van der Waals surface area contributed by atoms with Gasteiger partial charge < -0.3 is 15.2 Å². The highest BCUT2D eigenvalue weighted by Gasteiger charge is 2.71. The summed E-state index contributed by atoms with van der Waals surface area (Å²) in [6, 6.07) is 6.15. The van der Waals surface area contributed by atoms with Crippen molar-refractivity contribution in [1.82, 2.24) is 4.90 Å². The largest absolute Gasteiger partial charge is 0.508 e. The highest BCUT2D eigenvalue weighted by Crippen LogP contribution is 2.45. The Morgan fingerprint density at radius 1 is 1.24 bits per heavy atom. The number of ether oxygens (including phenoxy) is 1. The van der Waals surface area contributed by atoms with Gasteiger partial charge in [0.05, 0.1) is 6.61 Å². The van der Waals surface area contributed by atoms with Crippen LogP contribution in [0.5, 0.6) is 5.75 Å². The number of carbonyl (C=O) groups is 3. The summed E-state index contributed by atoms with van der Waals surface area (Å²) in [5, 5.41) is 11.3. The molecule has 7 nitrogen and oxygen atoms in total. The van der Waals surface area contributed by atoms with Crippen LogP contribution in [0.1, 0.15) is 31.9 Å². The number of rotatable bonds is 4. The van der Waals surface area contributed by atoms with Crippen molar-refractivity contribution < 1.29 is 29.5 Å². The van der Waals surface area contributed by atoms with Crippen molar-refractivity contribution in [3.8, 4) is 5.75 Å². The number of hydrogen-bond donors (Lipinski definition) is 2. The summed E-state index contributed by atoms with van der Waals surface area (Å²) >= 11 is 0. The average molecular weight is 347 g/mol. The monoisotopic (exact) mass is 347 g/mol. The summed E-state index contributed by atoms with van der Waals surface area (Å²) in [6.45, 7) is 3.77. The van der Waals surface area contributed by atoms with E-state index >= 15 is 0 Å². The van der Waals surface area contributed by atoms with E-state index in [4.69, 9.17) is 4.74 Å². The van der Waals surface area contributed by atoms with Gasteiger partial charge in [0.15, 0.2) is 0 Å². The molecule has 0 aromatic heterocycles. The standard InChI is InChI=1S/C18H22N2O5/c1-4-18(17(24)25-5-2)13-12(15(22)20(3)16(13)23)14(19-18)10-6-8-11(21)9-7-10/h6-9,12-14,19,21H,4-5H2,1-3H3/p+1/t12-,13-,14-,18+/m0/s1. The molecule has 2 amide bonds. The second-order valence-electron chi connectivity index (χ2n) is 6.64. The van der Waals surface area contributed by atoms with Gasteiger partial charge in [-0.3, -0.25) is 14.5 Å². The maximum atomic E-state index is 12.8. The minimum atomic E-state index is -1.11. The van der Waals surface area contributed by atoms with Crippen LogP contribution in [0, 0.1) is 11.8 Å². The molecule has 0 spiro atoms. The van der Waals surface area contributed by atoms with Gasteiger partial charge in [0, 0.05) is 19.0 Å². The number of phenolic OH excluding ortho intramolecular Hbond substituents is 1.